The monoisotopic (exact) mass is 459 g/mol. The summed E-state index contributed by atoms with van der Waals surface area (Å²) in [5, 5.41) is 3.41. The van der Waals surface area contributed by atoms with Crippen LogP contribution in [0, 0.1) is 3.57 Å². The van der Waals surface area contributed by atoms with E-state index in [0.29, 0.717) is 0 Å². The van der Waals surface area contributed by atoms with Gasteiger partial charge in [-0.05, 0) is 65.9 Å². The summed E-state index contributed by atoms with van der Waals surface area (Å²) in [6.45, 7) is 2.86. The Labute approximate surface area is 148 Å². The van der Waals surface area contributed by atoms with Crippen LogP contribution in [0.15, 0.2) is 46.9 Å². The van der Waals surface area contributed by atoms with E-state index in [2.05, 4.69) is 81.1 Å². The average molecular weight is 460 g/mol. The zero-order valence-corrected chi connectivity index (χ0v) is 15.9. The van der Waals surface area contributed by atoms with Gasteiger partial charge in [0.15, 0.2) is 0 Å². The second-order valence-corrected chi connectivity index (χ2v) is 6.87. The molecule has 2 aromatic rings. The zero-order valence-electron chi connectivity index (χ0n) is 12.2. The van der Waals surface area contributed by atoms with Gasteiger partial charge in [0.05, 0.1) is 12.6 Å². The van der Waals surface area contributed by atoms with E-state index in [9.17, 15) is 0 Å². The molecule has 0 bridgehead atoms. The van der Waals surface area contributed by atoms with Crippen molar-refractivity contribution < 1.29 is 4.74 Å². The first-order valence-electron chi connectivity index (χ1n) is 7.01. The Morgan fingerprint density at radius 3 is 2.67 bits per heavy atom. The van der Waals surface area contributed by atoms with Gasteiger partial charge in [-0.2, -0.15) is 0 Å². The summed E-state index contributed by atoms with van der Waals surface area (Å²) in [7, 11) is 1.98. The Morgan fingerprint density at radius 2 is 1.95 bits per heavy atom. The lowest BCUT2D eigenvalue weighted by Crippen LogP contribution is -2.19. The Kier molecular flexibility index (Phi) is 6.51. The molecule has 2 aromatic carbocycles. The lowest BCUT2D eigenvalue weighted by Gasteiger charge is -2.22. The zero-order chi connectivity index (χ0) is 15.2. The number of ether oxygens (including phenoxy) is 1. The van der Waals surface area contributed by atoms with Gasteiger partial charge < -0.3 is 10.1 Å². The van der Waals surface area contributed by atoms with Crippen molar-refractivity contribution in [1.82, 2.24) is 5.32 Å². The molecule has 0 fully saturated rings. The van der Waals surface area contributed by atoms with Crippen LogP contribution < -0.4 is 10.1 Å². The third-order valence-corrected chi connectivity index (χ3v) is 4.64. The van der Waals surface area contributed by atoms with E-state index in [0.717, 1.165) is 28.8 Å². The van der Waals surface area contributed by atoms with Gasteiger partial charge in [0.2, 0.25) is 0 Å². The van der Waals surface area contributed by atoms with Crippen LogP contribution >= 0.6 is 38.5 Å². The molecule has 2 rings (SSSR count). The van der Waals surface area contributed by atoms with Crippen LogP contribution in [0.1, 0.15) is 30.5 Å². The molecule has 21 heavy (non-hydrogen) atoms. The lowest BCUT2D eigenvalue weighted by molar-refractivity contribution is 0.312. The third-order valence-electron chi connectivity index (χ3n) is 3.25. The van der Waals surface area contributed by atoms with Crippen molar-refractivity contribution >= 4 is 38.5 Å². The standard InChI is InChI=1S/C17H19BrINO/c1-3-10-21-16-7-5-4-6-13(16)17(20-2)14-11-12(19)8-9-15(14)18/h4-9,11,17,20H,3,10H2,1-2H3. The average Bonchev–Trinajstić information content (AvgIpc) is 2.50. The largest absolute Gasteiger partial charge is 0.493 e. The van der Waals surface area contributed by atoms with Crippen molar-refractivity contribution in [2.45, 2.75) is 19.4 Å². The molecule has 1 unspecified atom stereocenters. The summed E-state index contributed by atoms with van der Waals surface area (Å²) in [5.41, 5.74) is 2.38. The smallest absolute Gasteiger partial charge is 0.124 e. The minimum Gasteiger partial charge on any atom is -0.493 e. The molecule has 0 saturated carbocycles. The number of para-hydroxylation sites is 1. The van der Waals surface area contributed by atoms with E-state index < -0.39 is 0 Å². The fraction of sp³-hybridized carbons (Fsp3) is 0.294. The maximum atomic E-state index is 5.90. The van der Waals surface area contributed by atoms with Gasteiger partial charge in [0, 0.05) is 13.6 Å². The van der Waals surface area contributed by atoms with Crippen LogP contribution in [0.2, 0.25) is 0 Å². The number of benzene rings is 2. The number of nitrogens with one attached hydrogen (secondary N) is 1. The number of hydrogen-bond acceptors (Lipinski definition) is 2. The van der Waals surface area contributed by atoms with Crippen molar-refractivity contribution in [3.05, 3.63) is 61.6 Å². The minimum atomic E-state index is 0.0992. The van der Waals surface area contributed by atoms with Crippen molar-refractivity contribution in [2.24, 2.45) is 0 Å². The predicted octanol–water partition coefficient (Wildman–Crippen LogP) is 5.15. The van der Waals surface area contributed by atoms with Gasteiger partial charge >= 0.3 is 0 Å². The van der Waals surface area contributed by atoms with Crippen LogP contribution in [0.4, 0.5) is 0 Å². The van der Waals surface area contributed by atoms with E-state index >= 15 is 0 Å². The van der Waals surface area contributed by atoms with Crippen molar-refractivity contribution in [1.29, 1.82) is 0 Å². The van der Waals surface area contributed by atoms with Crippen LogP contribution in [0.3, 0.4) is 0 Å². The molecule has 1 N–H and O–H groups in total. The van der Waals surface area contributed by atoms with Crippen molar-refractivity contribution in [2.75, 3.05) is 13.7 Å². The van der Waals surface area contributed by atoms with E-state index in [-0.39, 0.29) is 6.04 Å². The Hall–Kier alpha value is -0.590. The van der Waals surface area contributed by atoms with E-state index in [1.54, 1.807) is 0 Å². The van der Waals surface area contributed by atoms with Crippen LogP contribution in [0.5, 0.6) is 5.75 Å². The normalized spacial score (nSPS) is 12.2. The maximum absolute atomic E-state index is 5.90. The first kappa shape index (κ1) is 16.8. The Morgan fingerprint density at radius 1 is 1.19 bits per heavy atom. The molecule has 0 aliphatic heterocycles. The highest BCUT2D eigenvalue weighted by atomic mass is 127. The van der Waals surface area contributed by atoms with Gasteiger partial charge in [-0.25, -0.2) is 0 Å². The van der Waals surface area contributed by atoms with Crippen molar-refractivity contribution in [3.63, 3.8) is 0 Å². The topological polar surface area (TPSA) is 21.3 Å². The number of rotatable bonds is 6. The first-order valence-corrected chi connectivity index (χ1v) is 8.88. The molecular formula is C17H19BrINO. The molecule has 1 atom stereocenters. The van der Waals surface area contributed by atoms with Crippen LogP contribution in [0.25, 0.3) is 0 Å². The van der Waals surface area contributed by atoms with E-state index in [1.807, 2.05) is 19.2 Å². The summed E-state index contributed by atoms with van der Waals surface area (Å²) in [6.07, 6.45) is 1.01. The summed E-state index contributed by atoms with van der Waals surface area (Å²) in [5.74, 6) is 0.949. The summed E-state index contributed by atoms with van der Waals surface area (Å²) in [6, 6.07) is 14.7. The first-order chi connectivity index (χ1) is 10.2. The minimum absolute atomic E-state index is 0.0992. The van der Waals surface area contributed by atoms with Crippen LogP contribution in [-0.2, 0) is 0 Å². The second-order valence-electron chi connectivity index (χ2n) is 4.77. The van der Waals surface area contributed by atoms with Crippen LogP contribution in [-0.4, -0.2) is 13.7 Å². The van der Waals surface area contributed by atoms with E-state index in [1.165, 1.54) is 9.13 Å². The summed E-state index contributed by atoms with van der Waals surface area (Å²) in [4.78, 5) is 0. The highest BCUT2D eigenvalue weighted by molar-refractivity contribution is 14.1. The quantitative estimate of drug-likeness (QED) is 0.603. The van der Waals surface area contributed by atoms with Crippen molar-refractivity contribution in [3.8, 4) is 5.75 Å². The Bertz CT molecular complexity index is 603. The van der Waals surface area contributed by atoms with E-state index in [4.69, 9.17) is 4.74 Å². The molecule has 2 nitrogen and oxygen atoms in total. The highest BCUT2D eigenvalue weighted by Gasteiger charge is 2.19. The SMILES string of the molecule is CCCOc1ccccc1C(NC)c1cc(I)ccc1Br. The number of hydrogen-bond donors (Lipinski definition) is 1. The fourth-order valence-corrected chi connectivity index (χ4v) is 3.27. The molecule has 4 heteroatoms. The molecule has 0 aromatic heterocycles. The number of halogens is 2. The molecule has 0 saturated heterocycles. The summed E-state index contributed by atoms with van der Waals surface area (Å²) >= 11 is 6.00. The summed E-state index contributed by atoms with van der Waals surface area (Å²) < 4.78 is 8.23. The maximum Gasteiger partial charge on any atom is 0.124 e. The molecule has 0 heterocycles. The predicted molar refractivity (Wildman–Crippen MR) is 100.0 cm³/mol. The molecule has 112 valence electrons. The fourth-order valence-electron chi connectivity index (χ4n) is 2.28. The van der Waals surface area contributed by atoms with Gasteiger partial charge in [0.25, 0.3) is 0 Å². The Balaban J connectivity index is 2.44. The third kappa shape index (κ3) is 4.20. The molecule has 0 aliphatic rings. The van der Waals surface area contributed by atoms with Gasteiger partial charge in [-0.15, -0.1) is 0 Å². The molecule has 0 aliphatic carbocycles. The second kappa shape index (κ2) is 8.15. The molecule has 0 amide bonds. The van der Waals surface area contributed by atoms with Gasteiger partial charge in [-0.1, -0.05) is 41.1 Å². The lowest BCUT2D eigenvalue weighted by atomic mass is 9.98. The highest BCUT2D eigenvalue weighted by Crippen LogP contribution is 2.34. The van der Waals surface area contributed by atoms with Gasteiger partial charge in [-0.3, -0.25) is 0 Å². The molecule has 0 radical (unpaired) electrons. The molecule has 0 spiro atoms. The molecular weight excluding hydrogens is 441 g/mol. The van der Waals surface area contributed by atoms with Gasteiger partial charge in [0.1, 0.15) is 5.75 Å².